The van der Waals surface area contributed by atoms with Crippen molar-refractivity contribution in [2.45, 2.75) is 6.54 Å². The van der Waals surface area contributed by atoms with E-state index in [0.717, 1.165) is 18.2 Å². The van der Waals surface area contributed by atoms with E-state index in [-0.39, 0.29) is 24.3 Å². The van der Waals surface area contributed by atoms with Crippen molar-refractivity contribution in [1.29, 1.82) is 0 Å². The van der Waals surface area contributed by atoms with Crippen LogP contribution in [0, 0.1) is 15.9 Å². The molecule has 1 rings (SSSR count). The van der Waals surface area contributed by atoms with Crippen LogP contribution in [-0.4, -0.2) is 22.5 Å². The summed E-state index contributed by atoms with van der Waals surface area (Å²) in [5.74, 6) is -1.68. The number of carboxylic acid groups (broad SMARTS) is 1. The molecule has 0 radical (unpaired) electrons. The first-order valence-corrected chi connectivity index (χ1v) is 4.36. The van der Waals surface area contributed by atoms with Gasteiger partial charge in [-0.3, -0.25) is 14.9 Å². The van der Waals surface area contributed by atoms with Crippen LogP contribution in [0.4, 0.5) is 10.1 Å². The summed E-state index contributed by atoms with van der Waals surface area (Å²) in [6.07, 6.45) is 0. The van der Waals surface area contributed by atoms with Crippen molar-refractivity contribution < 1.29 is 19.2 Å². The van der Waals surface area contributed by atoms with Crippen molar-refractivity contribution in [1.82, 2.24) is 5.32 Å². The number of nitrogens with zero attached hydrogens (tertiary/aromatic N) is 1. The maximum absolute atomic E-state index is 12.8. The normalized spacial score (nSPS) is 10.1. The van der Waals surface area contributed by atoms with Crippen LogP contribution < -0.4 is 5.32 Å². The Morgan fingerprint density at radius 1 is 1.56 bits per heavy atom. The summed E-state index contributed by atoms with van der Waals surface area (Å²) in [5, 5.41) is 21.4. The van der Waals surface area contributed by atoms with Gasteiger partial charge in [-0.1, -0.05) is 0 Å². The Bertz CT molecular complexity index is 422. The average Bonchev–Trinajstić information content (AvgIpc) is 2.16. The second kappa shape index (κ2) is 5.17. The SMILES string of the molecule is O=C(O)CNCc1cc(F)ccc1[N+](=O)[O-]. The van der Waals surface area contributed by atoms with Crippen molar-refractivity contribution >= 4 is 11.7 Å². The van der Waals surface area contributed by atoms with E-state index in [1.54, 1.807) is 0 Å². The van der Waals surface area contributed by atoms with Gasteiger partial charge >= 0.3 is 5.97 Å². The van der Waals surface area contributed by atoms with Gasteiger partial charge in [0, 0.05) is 18.2 Å². The van der Waals surface area contributed by atoms with Gasteiger partial charge in [-0.05, 0) is 12.1 Å². The highest BCUT2D eigenvalue weighted by molar-refractivity contribution is 5.69. The van der Waals surface area contributed by atoms with E-state index in [1.807, 2.05) is 0 Å². The summed E-state index contributed by atoms with van der Waals surface area (Å²) >= 11 is 0. The predicted octanol–water partition coefficient (Wildman–Crippen LogP) is 0.908. The van der Waals surface area contributed by atoms with E-state index in [2.05, 4.69) is 5.32 Å². The number of nitro groups is 1. The lowest BCUT2D eigenvalue weighted by Gasteiger charge is -2.03. The van der Waals surface area contributed by atoms with Gasteiger partial charge < -0.3 is 10.4 Å². The quantitative estimate of drug-likeness (QED) is 0.577. The molecule has 2 N–H and O–H groups in total. The standard InChI is InChI=1S/C9H9FN2O4/c10-7-1-2-8(12(15)16)6(3-7)4-11-5-9(13)14/h1-3,11H,4-5H2,(H,13,14). The molecule has 0 aliphatic rings. The highest BCUT2D eigenvalue weighted by Crippen LogP contribution is 2.18. The minimum Gasteiger partial charge on any atom is -0.480 e. The summed E-state index contributed by atoms with van der Waals surface area (Å²) in [5.41, 5.74) is -0.120. The number of rotatable bonds is 5. The van der Waals surface area contributed by atoms with E-state index in [1.165, 1.54) is 0 Å². The molecule has 0 fully saturated rings. The molecule has 0 aromatic heterocycles. The minimum atomic E-state index is -1.08. The molecule has 0 aliphatic carbocycles. The third kappa shape index (κ3) is 3.28. The number of nitrogens with one attached hydrogen (secondary N) is 1. The van der Waals surface area contributed by atoms with E-state index < -0.39 is 16.7 Å². The molecular formula is C9H9FN2O4. The van der Waals surface area contributed by atoms with Gasteiger partial charge in [-0.2, -0.15) is 0 Å². The third-order valence-electron chi connectivity index (χ3n) is 1.83. The van der Waals surface area contributed by atoms with Crippen LogP contribution in [0.15, 0.2) is 18.2 Å². The molecular weight excluding hydrogens is 219 g/mol. The summed E-state index contributed by atoms with van der Waals surface area (Å²) < 4.78 is 12.8. The van der Waals surface area contributed by atoms with Crippen molar-refractivity contribution in [3.05, 3.63) is 39.7 Å². The zero-order chi connectivity index (χ0) is 12.1. The zero-order valence-electron chi connectivity index (χ0n) is 8.14. The summed E-state index contributed by atoms with van der Waals surface area (Å²) in [4.78, 5) is 20.1. The molecule has 0 aliphatic heterocycles. The molecule has 16 heavy (non-hydrogen) atoms. The molecule has 0 saturated heterocycles. The van der Waals surface area contributed by atoms with Crippen LogP contribution >= 0.6 is 0 Å². The molecule has 0 atom stereocenters. The lowest BCUT2D eigenvalue weighted by atomic mass is 10.1. The Balaban J connectivity index is 2.80. The van der Waals surface area contributed by atoms with Gasteiger partial charge in [-0.15, -0.1) is 0 Å². The van der Waals surface area contributed by atoms with Gasteiger partial charge in [0.2, 0.25) is 0 Å². The molecule has 0 bridgehead atoms. The lowest BCUT2D eigenvalue weighted by molar-refractivity contribution is -0.385. The van der Waals surface area contributed by atoms with E-state index in [0.29, 0.717) is 0 Å². The highest BCUT2D eigenvalue weighted by Gasteiger charge is 2.13. The maximum Gasteiger partial charge on any atom is 0.317 e. The topological polar surface area (TPSA) is 92.5 Å². The minimum absolute atomic E-state index is 0.0691. The van der Waals surface area contributed by atoms with Gasteiger partial charge in [-0.25, -0.2) is 4.39 Å². The molecule has 0 spiro atoms. The highest BCUT2D eigenvalue weighted by atomic mass is 19.1. The number of nitro benzene ring substituents is 1. The van der Waals surface area contributed by atoms with Gasteiger partial charge in [0.25, 0.3) is 5.69 Å². The molecule has 6 nitrogen and oxygen atoms in total. The number of halogens is 1. The zero-order valence-corrected chi connectivity index (χ0v) is 8.14. The Hall–Kier alpha value is -2.02. The van der Waals surface area contributed by atoms with Gasteiger partial charge in [0.05, 0.1) is 11.5 Å². The largest absolute Gasteiger partial charge is 0.480 e. The summed E-state index contributed by atoms with van der Waals surface area (Å²) in [6.45, 7) is -0.409. The Kier molecular flexibility index (Phi) is 3.90. The average molecular weight is 228 g/mol. The fraction of sp³-hybridized carbons (Fsp3) is 0.222. The number of carbonyl (C=O) groups is 1. The van der Waals surface area contributed by atoms with Crippen LogP contribution in [-0.2, 0) is 11.3 Å². The monoisotopic (exact) mass is 228 g/mol. The third-order valence-corrected chi connectivity index (χ3v) is 1.83. The van der Waals surface area contributed by atoms with Crippen LogP contribution in [0.25, 0.3) is 0 Å². The van der Waals surface area contributed by atoms with E-state index in [4.69, 9.17) is 5.11 Å². The fourth-order valence-corrected chi connectivity index (χ4v) is 1.18. The first kappa shape index (κ1) is 12.1. The Morgan fingerprint density at radius 2 is 2.25 bits per heavy atom. The number of aliphatic carboxylic acids is 1. The van der Waals surface area contributed by atoms with Gasteiger partial charge in [0.1, 0.15) is 5.82 Å². The summed E-state index contributed by atoms with van der Waals surface area (Å²) in [7, 11) is 0. The summed E-state index contributed by atoms with van der Waals surface area (Å²) in [6, 6.07) is 3.04. The first-order valence-electron chi connectivity index (χ1n) is 4.36. The molecule has 86 valence electrons. The predicted molar refractivity (Wildman–Crippen MR) is 52.4 cm³/mol. The van der Waals surface area contributed by atoms with Crippen molar-refractivity contribution in [3.8, 4) is 0 Å². The number of carboxylic acids is 1. The molecule has 1 aromatic carbocycles. The number of hydrogen-bond donors (Lipinski definition) is 2. The smallest absolute Gasteiger partial charge is 0.317 e. The molecule has 0 heterocycles. The van der Waals surface area contributed by atoms with Crippen molar-refractivity contribution in [2.75, 3.05) is 6.54 Å². The molecule has 0 unspecified atom stereocenters. The molecule has 1 aromatic rings. The second-order valence-electron chi connectivity index (χ2n) is 3.03. The second-order valence-corrected chi connectivity index (χ2v) is 3.03. The van der Waals surface area contributed by atoms with E-state index >= 15 is 0 Å². The Labute approximate surface area is 89.9 Å². The lowest BCUT2D eigenvalue weighted by Crippen LogP contribution is -2.22. The first-order chi connectivity index (χ1) is 7.50. The van der Waals surface area contributed by atoms with Crippen molar-refractivity contribution in [3.63, 3.8) is 0 Å². The van der Waals surface area contributed by atoms with Crippen LogP contribution in [0.5, 0.6) is 0 Å². The maximum atomic E-state index is 12.8. The fourth-order valence-electron chi connectivity index (χ4n) is 1.18. The van der Waals surface area contributed by atoms with Crippen LogP contribution in [0.2, 0.25) is 0 Å². The number of hydrogen-bond acceptors (Lipinski definition) is 4. The van der Waals surface area contributed by atoms with Gasteiger partial charge in [0.15, 0.2) is 0 Å². The molecule has 0 saturated carbocycles. The van der Waals surface area contributed by atoms with Crippen molar-refractivity contribution in [2.24, 2.45) is 0 Å². The van der Waals surface area contributed by atoms with E-state index in [9.17, 15) is 19.3 Å². The Morgan fingerprint density at radius 3 is 2.81 bits per heavy atom. The molecule has 0 amide bonds. The van der Waals surface area contributed by atoms with Crippen LogP contribution in [0.3, 0.4) is 0 Å². The number of benzene rings is 1. The van der Waals surface area contributed by atoms with Crippen LogP contribution in [0.1, 0.15) is 5.56 Å². The molecule has 7 heteroatoms.